The molecule has 0 aromatic heterocycles. The number of anilines is 1. The van der Waals surface area contributed by atoms with Crippen LogP contribution in [0.15, 0.2) is 77.9 Å². The molecule has 0 fully saturated rings. The monoisotopic (exact) mass is 485 g/mol. The Morgan fingerprint density at radius 3 is 2.18 bits per heavy atom. The van der Waals surface area contributed by atoms with Crippen molar-refractivity contribution in [3.8, 4) is 5.75 Å². The summed E-state index contributed by atoms with van der Waals surface area (Å²) < 4.78 is 31.2. The SMILES string of the molecule is COc1ccc(/C(C)=N\NC(=O)c2ccc(N(Cc3ccccc3Cl)S(C)(=O)=O)cc2)cc1. The average molecular weight is 486 g/mol. The number of nitrogens with one attached hydrogen (secondary N) is 1. The summed E-state index contributed by atoms with van der Waals surface area (Å²) >= 11 is 6.20. The van der Waals surface area contributed by atoms with Gasteiger partial charge in [0, 0.05) is 10.6 Å². The predicted octanol–water partition coefficient (Wildman–Crippen LogP) is 4.47. The molecule has 3 aromatic carbocycles. The highest BCUT2D eigenvalue weighted by Gasteiger charge is 2.19. The van der Waals surface area contributed by atoms with Gasteiger partial charge in [-0.25, -0.2) is 13.8 Å². The molecule has 0 heterocycles. The number of hydrazone groups is 1. The second-order valence-corrected chi connectivity index (χ2v) is 9.59. The van der Waals surface area contributed by atoms with Gasteiger partial charge in [-0.15, -0.1) is 0 Å². The molecule has 0 aliphatic rings. The molecule has 0 saturated carbocycles. The van der Waals surface area contributed by atoms with Crippen LogP contribution in [-0.4, -0.2) is 33.4 Å². The lowest BCUT2D eigenvalue weighted by Crippen LogP contribution is -2.29. The van der Waals surface area contributed by atoms with E-state index in [1.54, 1.807) is 62.6 Å². The Morgan fingerprint density at radius 1 is 1.00 bits per heavy atom. The molecule has 0 aliphatic carbocycles. The summed E-state index contributed by atoms with van der Waals surface area (Å²) in [6.45, 7) is 1.86. The molecule has 0 radical (unpaired) electrons. The van der Waals surface area contributed by atoms with Gasteiger partial charge in [-0.1, -0.05) is 29.8 Å². The average Bonchev–Trinajstić information content (AvgIpc) is 2.81. The van der Waals surface area contributed by atoms with Crippen molar-refractivity contribution in [1.29, 1.82) is 0 Å². The fraction of sp³-hybridized carbons (Fsp3) is 0.167. The maximum Gasteiger partial charge on any atom is 0.271 e. The van der Waals surface area contributed by atoms with E-state index in [9.17, 15) is 13.2 Å². The van der Waals surface area contributed by atoms with Gasteiger partial charge in [0.25, 0.3) is 5.91 Å². The van der Waals surface area contributed by atoms with Crippen molar-refractivity contribution in [3.63, 3.8) is 0 Å². The Balaban J connectivity index is 1.74. The van der Waals surface area contributed by atoms with Crippen molar-refractivity contribution in [3.05, 3.63) is 94.5 Å². The standard InChI is InChI=1S/C24H24ClN3O4S/c1-17(18-10-14-22(32-2)15-11-18)26-27-24(29)19-8-12-21(13-9-19)28(33(3,30)31)16-20-6-4-5-7-23(20)25/h4-15H,16H2,1-3H3,(H,27,29)/b26-17-. The van der Waals surface area contributed by atoms with Crippen LogP contribution in [0.4, 0.5) is 5.69 Å². The summed E-state index contributed by atoms with van der Waals surface area (Å²) in [6, 6.07) is 20.6. The lowest BCUT2D eigenvalue weighted by atomic mass is 10.1. The molecule has 0 saturated heterocycles. The Labute approximate surface area is 198 Å². The normalized spacial score (nSPS) is 11.7. The van der Waals surface area contributed by atoms with Gasteiger partial charge in [0.2, 0.25) is 10.0 Å². The highest BCUT2D eigenvalue weighted by atomic mass is 35.5. The van der Waals surface area contributed by atoms with Crippen molar-refractivity contribution >= 4 is 38.9 Å². The number of methoxy groups -OCH3 is 1. The van der Waals surface area contributed by atoms with Crippen molar-refractivity contribution < 1.29 is 17.9 Å². The zero-order valence-corrected chi connectivity index (χ0v) is 20.0. The largest absolute Gasteiger partial charge is 0.497 e. The molecule has 3 rings (SSSR count). The van der Waals surface area contributed by atoms with E-state index in [0.29, 0.717) is 27.5 Å². The summed E-state index contributed by atoms with van der Waals surface area (Å²) in [5, 5.41) is 4.62. The molecule has 9 heteroatoms. The first kappa shape index (κ1) is 24.3. The fourth-order valence-electron chi connectivity index (χ4n) is 3.06. The molecule has 0 unspecified atom stereocenters. The topological polar surface area (TPSA) is 88.1 Å². The summed E-state index contributed by atoms with van der Waals surface area (Å²) in [5.41, 5.74) is 5.44. The maximum atomic E-state index is 12.5. The Morgan fingerprint density at radius 2 is 1.61 bits per heavy atom. The first-order chi connectivity index (χ1) is 15.7. The molecule has 0 atom stereocenters. The maximum absolute atomic E-state index is 12.5. The third-order valence-electron chi connectivity index (χ3n) is 4.92. The number of carbonyl (C=O) groups excluding carboxylic acids is 1. The van der Waals surface area contributed by atoms with Crippen molar-refractivity contribution in [1.82, 2.24) is 5.43 Å². The third-order valence-corrected chi connectivity index (χ3v) is 6.43. The van der Waals surface area contributed by atoms with Crippen LogP contribution in [0.25, 0.3) is 0 Å². The van der Waals surface area contributed by atoms with E-state index in [1.165, 1.54) is 4.31 Å². The minimum atomic E-state index is -3.58. The van der Waals surface area contributed by atoms with Crippen LogP contribution in [-0.2, 0) is 16.6 Å². The van der Waals surface area contributed by atoms with E-state index in [0.717, 1.165) is 17.6 Å². The summed E-state index contributed by atoms with van der Waals surface area (Å²) in [7, 11) is -1.99. The van der Waals surface area contributed by atoms with E-state index in [-0.39, 0.29) is 6.54 Å². The number of hydrogen-bond acceptors (Lipinski definition) is 5. The number of hydrogen-bond donors (Lipinski definition) is 1. The Hall–Kier alpha value is -3.36. The quantitative estimate of drug-likeness (QED) is 0.376. The molecule has 1 amide bonds. The number of nitrogens with zero attached hydrogens (tertiary/aromatic N) is 2. The van der Waals surface area contributed by atoms with E-state index in [2.05, 4.69) is 10.5 Å². The van der Waals surface area contributed by atoms with Gasteiger partial charge >= 0.3 is 0 Å². The minimum Gasteiger partial charge on any atom is -0.497 e. The molecular formula is C24H24ClN3O4S. The van der Waals surface area contributed by atoms with Gasteiger partial charge in [0.05, 0.1) is 31.3 Å². The van der Waals surface area contributed by atoms with Gasteiger partial charge in [0.15, 0.2) is 0 Å². The molecule has 33 heavy (non-hydrogen) atoms. The number of rotatable bonds is 8. The summed E-state index contributed by atoms with van der Waals surface area (Å²) in [6.07, 6.45) is 1.13. The summed E-state index contributed by atoms with van der Waals surface area (Å²) in [4.78, 5) is 12.5. The highest BCUT2D eigenvalue weighted by Crippen LogP contribution is 2.24. The van der Waals surface area contributed by atoms with Crippen molar-refractivity contribution in [2.75, 3.05) is 17.7 Å². The number of ether oxygens (including phenoxy) is 1. The third kappa shape index (κ3) is 6.34. The van der Waals surface area contributed by atoms with E-state index in [4.69, 9.17) is 16.3 Å². The van der Waals surface area contributed by atoms with Gasteiger partial charge in [-0.2, -0.15) is 5.10 Å². The van der Waals surface area contributed by atoms with Crippen LogP contribution in [0, 0.1) is 0 Å². The van der Waals surface area contributed by atoms with Gasteiger partial charge in [-0.05, 0) is 72.6 Å². The Kier molecular flexibility index (Phi) is 7.73. The van der Waals surface area contributed by atoms with Gasteiger partial charge in [-0.3, -0.25) is 9.10 Å². The molecule has 0 spiro atoms. The van der Waals surface area contributed by atoms with Crippen LogP contribution >= 0.6 is 11.6 Å². The fourth-order valence-corrected chi connectivity index (χ4v) is 4.13. The number of benzene rings is 3. The molecule has 0 aliphatic heterocycles. The van der Waals surface area contributed by atoms with Crippen molar-refractivity contribution in [2.24, 2.45) is 5.10 Å². The molecule has 0 bridgehead atoms. The molecule has 7 nitrogen and oxygen atoms in total. The lowest BCUT2D eigenvalue weighted by molar-refractivity contribution is 0.0955. The first-order valence-corrected chi connectivity index (χ1v) is 12.2. The van der Waals surface area contributed by atoms with Crippen LogP contribution in [0.1, 0.15) is 28.4 Å². The number of carbonyl (C=O) groups is 1. The van der Waals surface area contributed by atoms with E-state index < -0.39 is 15.9 Å². The molecule has 172 valence electrons. The second-order valence-electron chi connectivity index (χ2n) is 7.27. The number of halogens is 1. The predicted molar refractivity (Wildman–Crippen MR) is 132 cm³/mol. The highest BCUT2D eigenvalue weighted by molar-refractivity contribution is 7.92. The number of sulfonamides is 1. The minimum absolute atomic E-state index is 0.0788. The van der Waals surface area contributed by atoms with Crippen LogP contribution in [0.3, 0.4) is 0 Å². The van der Waals surface area contributed by atoms with Crippen molar-refractivity contribution in [2.45, 2.75) is 13.5 Å². The van der Waals surface area contributed by atoms with Crippen LogP contribution in [0.5, 0.6) is 5.75 Å². The number of amides is 1. The molecular weight excluding hydrogens is 462 g/mol. The second kappa shape index (κ2) is 10.5. The first-order valence-electron chi connectivity index (χ1n) is 9.99. The summed E-state index contributed by atoms with van der Waals surface area (Å²) in [5.74, 6) is 0.319. The molecule has 3 aromatic rings. The smallest absolute Gasteiger partial charge is 0.271 e. The zero-order chi connectivity index (χ0) is 24.0. The van der Waals surface area contributed by atoms with Crippen LogP contribution in [0.2, 0.25) is 5.02 Å². The van der Waals surface area contributed by atoms with E-state index in [1.807, 2.05) is 24.3 Å². The molecule has 1 N–H and O–H groups in total. The van der Waals surface area contributed by atoms with Gasteiger partial charge < -0.3 is 4.74 Å². The lowest BCUT2D eigenvalue weighted by Gasteiger charge is -2.23. The zero-order valence-electron chi connectivity index (χ0n) is 18.4. The Bertz CT molecular complexity index is 1260. The van der Waals surface area contributed by atoms with E-state index >= 15 is 0 Å². The van der Waals surface area contributed by atoms with Crippen LogP contribution < -0.4 is 14.5 Å². The van der Waals surface area contributed by atoms with Gasteiger partial charge in [0.1, 0.15) is 5.75 Å².